The van der Waals surface area contributed by atoms with Crippen LogP contribution in [0.1, 0.15) is 10.4 Å². The van der Waals surface area contributed by atoms with Crippen molar-refractivity contribution in [3.05, 3.63) is 45.9 Å². The Hall–Kier alpha value is -1.70. The molecule has 6 heteroatoms. The van der Waals surface area contributed by atoms with E-state index in [4.69, 9.17) is 9.84 Å². The zero-order valence-corrected chi connectivity index (χ0v) is 10.7. The van der Waals surface area contributed by atoms with Gasteiger partial charge in [-0.05, 0) is 40.8 Å². The lowest BCUT2D eigenvalue weighted by Gasteiger charge is -2.07. The van der Waals surface area contributed by atoms with Gasteiger partial charge in [0.1, 0.15) is 11.3 Å². The van der Waals surface area contributed by atoms with Gasteiger partial charge in [0.15, 0.2) is 0 Å². The number of benzene rings is 1. The van der Waals surface area contributed by atoms with Gasteiger partial charge in [-0.25, -0.2) is 9.78 Å². The van der Waals surface area contributed by atoms with Crippen molar-refractivity contribution in [3.63, 3.8) is 0 Å². The van der Waals surface area contributed by atoms with Crippen molar-refractivity contribution in [2.24, 2.45) is 0 Å². The van der Waals surface area contributed by atoms with Crippen LogP contribution >= 0.6 is 22.6 Å². The van der Waals surface area contributed by atoms with Gasteiger partial charge < -0.3 is 9.84 Å². The Balaban J connectivity index is 2.36. The van der Waals surface area contributed by atoms with E-state index in [0.717, 1.165) is 3.57 Å². The first-order valence-corrected chi connectivity index (χ1v) is 5.71. The van der Waals surface area contributed by atoms with Crippen LogP contribution in [0.2, 0.25) is 0 Å². The largest absolute Gasteiger partial charge is 0.478 e. The van der Waals surface area contributed by atoms with Crippen LogP contribution in [0, 0.1) is 3.57 Å². The predicted octanol–water partition coefficient (Wildman–Crippen LogP) is 2.57. The third-order valence-corrected chi connectivity index (χ3v) is 2.60. The third kappa shape index (κ3) is 2.90. The molecule has 2 aromatic rings. The molecule has 0 saturated heterocycles. The maximum absolute atomic E-state index is 11.0. The zero-order chi connectivity index (χ0) is 12.3. The maximum atomic E-state index is 11.0. The Morgan fingerprint density at radius 1 is 1.35 bits per heavy atom. The van der Waals surface area contributed by atoms with Crippen molar-refractivity contribution in [1.82, 2.24) is 9.97 Å². The van der Waals surface area contributed by atoms with E-state index < -0.39 is 5.97 Å². The zero-order valence-electron chi connectivity index (χ0n) is 8.50. The summed E-state index contributed by atoms with van der Waals surface area (Å²) in [7, 11) is 0. The minimum atomic E-state index is -1.04. The van der Waals surface area contributed by atoms with Gasteiger partial charge >= 0.3 is 5.97 Å². The Morgan fingerprint density at radius 3 is 2.82 bits per heavy atom. The number of carbonyl (C=O) groups is 1. The number of rotatable bonds is 3. The van der Waals surface area contributed by atoms with Gasteiger partial charge in [-0.15, -0.1) is 0 Å². The van der Waals surface area contributed by atoms with Crippen LogP contribution in [0.4, 0.5) is 0 Å². The Kier molecular flexibility index (Phi) is 3.52. The third-order valence-electron chi connectivity index (χ3n) is 1.93. The highest BCUT2D eigenvalue weighted by atomic mass is 127. The van der Waals surface area contributed by atoms with Gasteiger partial charge in [-0.2, -0.15) is 0 Å². The van der Waals surface area contributed by atoms with Crippen molar-refractivity contribution in [3.8, 4) is 11.6 Å². The van der Waals surface area contributed by atoms with Gasteiger partial charge in [-0.1, -0.05) is 0 Å². The molecule has 2 rings (SSSR count). The number of hydrogen-bond acceptors (Lipinski definition) is 4. The van der Waals surface area contributed by atoms with Crippen LogP contribution in [-0.4, -0.2) is 21.0 Å². The monoisotopic (exact) mass is 342 g/mol. The Labute approximate surface area is 111 Å². The number of nitrogens with zero attached hydrogens (tertiary/aromatic N) is 2. The molecule has 0 amide bonds. The van der Waals surface area contributed by atoms with Crippen LogP contribution < -0.4 is 4.74 Å². The van der Waals surface area contributed by atoms with Crippen LogP contribution in [0.15, 0.2) is 36.8 Å². The number of aromatic carboxylic acids is 1. The molecule has 1 N–H and O–H groups in total. The van der Waals surface area contributed by atoms with E-state index in [2.05, 4.69) is 9.97 Å². The summed E-state index contributed by atoms with van der Waals surface area (Å²) in [6.07, 6.45) is 4.41. The van der Waals surface area contributed by atoms with Gasteiger partial charge in [0.05, 0.1) is 6.20 Å². The van der Waals surface area contributed by atoms with Crippen molar-refractivity contribution in [1.29, 1.82) is 0 Å². The SMILES string of the molecule is O=C(O)c1cc(I)ccc1Oc1cnccn1. The molecule has 0 aliphatic heterocycles. The summed E-state index contributed by atoms with van der Waals surface area (Å²) in [4.78, 5) is 18.8. The van der Waals surface area contributed by atoms with E-state index in [0.29, 0.717) is 0 Å². The fraction of sp³-hybridized carbons (Fsp3) is 0. The summed E-state index contributed by atoms with van der Waals surface area (Å²) in [5, 5.41) is 9.05. The molecule has 17 heavy (non-hydrogen) atoms. The van der Waals surface area contributed by atoms with Gasteiger partial charge in [-0.3, -0.25) is 4.98 Å². The Bertz CT molecular complexity index is 546. The predicted molar refractivity (Wildman–Crippen MR) is 68.2 cm³/mol. The molecule has 5 nitrogen and oxygen atoms in total. The molecular formula is C11H7IN2O3. The number of hydrogen-bond donors (Lipinski definition) is 1. The summed E-state index contributed by atoms with van der Waals surface area (Å²) < 4.78 is 6.19. The number of carboxylic acids is 1. The van der Waals surface area contributed by atoms with E-state index >= 15 is 0 Å². The molecule has 0 saturated carbocycles. The lowest BCUT2D eigenvalue weighted by atomic mass is 10.2. The van der Waals surface area contributed by atoms with E-state index in [9.17, 15) is 4.79 Å². The van der Waals surface area contributed by atoms with E-state index in [1.54, 1.807) is 12.1 Å². The van der Waals surface area contributed by atoms with Crippen molar-refractivity contribution in [2.75, 3.05) is 0 Å². The van der Waals surface area contributed by atoms with Crippen LogP contribution in [0.5, 0.6) is 11.6 Å². The molecule has 1 heterocycles. The topological polar surface area (TPSA) is 72.3 Å². The van der Waals surface area contributed by atoms with Crippen LogP contribution in [-0.2, 0) is 0 Å². The smallest absolute Gasteiger partial charge is 0.339 e. The summed E-state index contributed by atoms with van der Waals surface area (Å²) in [5.41, 5.74) is 0.0996. The molecular weight excluding hydrogens is 335 g/mol. The average Bonchev–Trinajstić information content (AvgIpc) is 2.32. The minimum Gasteiger partial charge on any atom is -0.478 e. The van der Waals surface area contributed by atoms with Crippen molar-refractivity contribution >= 4 is 28.6 Å². The first kappa shape index (κ1) is 11.8. The summed E-state index contributed by atoms with van der Waals surface area (Å²) >= 11 is 2.04. The minimum absolute atomic E-state index is 0.0996. The summed E-state index contributed by atoms with van der Waals surface area (Å²) in [5.74, 6) is -0.531. The van der Waals surface area contributed by atoms with E-state index in [1.165, 1.54) is 24.7 Å². The normalized spacial score (nSPS) is 9.94. The fourth-order valence-electron chi connectivity index (χ4n) is 1.21. The van der Waals surface area contributed by atoms with Gasteiger partial charge in [0.2, 0.25) is 5.88 Å². The molecule has 0 unspecified atom stereocenters. The maximum Gasteiger partial charge on any atom is 0.339 e. The molecule has 1 aromatic heterocycles. The molecule has 0 fully saturated rings. The second-order valence-electron chi connectivity index (χ2n) is 3.09. The van der Waals surface area contributed by atoms with Crippen molar-refractivity contribution < 1.29 is 14.6 Å². The lowest BCUT2D eigenvalue weighted by molar-refractivity contribution is 0.0694. The van der Waals surface area contributed by atoms with E-state index in [1.807, 2.05) is 22.6 Å². The second-order valence-corrected chi connectivity index (χ2v) is 4.34. The molecule has 0 bridgehead atoms. The van der Waals surface area contributed by atoms with Crippen LogP contribution in [0.25, 0.3) is 0 Å². The highest BCUT2D eigenvalue weighted by molar-refractivity contribution is 14.1. The Morgan fingerprint density at radius 2 is 2.18 bits per heavy atom. The second kappa shape index (κ2) is 5.09. The number of carboxylic acid groups (broad SMARTS) is 1. The number of ether oxygens (including phenoxy) is 1. The summed E-state index contributed by atoms with van der Waals surface area (Å²) in [6.45, 7) is 0. The van der Waals surface area contributed by atoms with Gasteiger partial charge in [0.25, 0.3) is 0 Å². The highest BCUT2D eigenvalue weighted by Gasteiger charge is 2.12. The number of halogens is 1. The van der Waals surface area contributed by atoms with Crippen molar-refractivity contribution in [2.45, 2.75) is 0 Å². The lowest BCUT2D eigenvalue weighted by Crippen LogP contribution is -2.01. The number of aromatic nitrogens is 2. The molecule has 0 spiro atoms. The summed E-state index contributed by atoms with van der Waals surface area (Å²) in [6, 6.07) is 4.90. The van der Waals surface area contributed by atoms with Gasteiger partial charge in [0, 0.05) is 16.0 Å². The average molecular weight is 342 g/mol. The standard InChI is InChI=1S/C11H7IN2O3/c12-7-1-2-9(8(5-7)11(15)16)17-10-6-13-3-4-14-10/h1-6H,(H,15,16). The van der Waals surface area contributed by atoms with Crippen LogP contribution in [0.3, 0.4) is 0 Å². The molecule has 0 atom stereocenters. The molecule has 1 aromatic carbocycles. The first-order valence-electron chi connectivity index (χ1n) is 4.63. The molecule has 0 radical (unpaired) electrons. The molecule has 86 valence electrons. The molecule has 0 aliphatic carbocycles. The van der Waals surface area contributed by atoms with E-state index in [-0.39, 0.29) is 17.2 Å². The quantitative estimate of drug-likeness (QED) is 0.868. The first-order chi connectivity index (χ1) is 8.16. The molecule has 0 aliphatic rings. The fourth-order valence-corrected chi connectivity index (χ4v) is 1.70. The highest BCUT2D eigenvalue weighted by Crippen LogP contribution is 2.25.